The summed E-state index contributed by atoms with van der Waals surface area (Å²) in [5.41, 5.74) is 0. The molecule has 1 heterocycles. The average molecular weight is 283 g/mol. The minimum absolute atomic E-state index is 0.188. The highest BCUT2D eigenvalue weighted by molar-refractivity contribution is 7.89. The predicted molar refractivity (Wildman–Crippen MR) is 72.4 cm³/mol. The van der Waals surface area contributed by atoms with Crippen molar-refractivity contribution in [2.45, 2.75) is 57.3 Å². The minimum atomic E-state index is -3.29. The van der Waals surface area contributed by atoms with E-state index in [1.54, 1.807) is 0 Å². The summed E-state index contributed by atoms with van der Waals surface area (Å²) < 4.78 is 25.2. The lowest BCUT2D eigenvalue weighted by atomic mass is 9.82. The Kier molecular flexibility index (Phi) is 3.60. The summed E-state index contributed by atoms with van der Waals surface area (Å²) in [4.78, 5) is 4.10. The van der Waals surface area contributed by atoms with Crippen molar-refractivity contribution in [2.75, 3.05) is 5.75 Å². The Morgan fingerprint density at radius 1 is 1.21 bits per heavy atom. The predicted octanol–water partition coefficient (Wildman–Crippen LogP) is 2.30. The molecule has 2 saturated carbocycles. The normalized spacial score (nSPS) is 20.4. The fourth-order valence-corrected chi connectivity index (χ4v) is 3.67. The first-order valence-electron chi connectivity index (χ1n) is 7.30. The zero-order valence-electron chi connectivity index (χ0n) is 11.2. The maximum absolute atomic E-state index is 12.1. The number of unbranched alkanes of at least 4 members (excludes halogenated alkanes) is 1. The molecule has 0 amide bonds. The average Bonchev–Trinajstić information content (AvgIpc) is 3.04. The number of nitrogens with zero attached hydrogens (tertiary/aromatic N) is 3. The molecule has 106 valence electrons. The van der Waals surface area contributed by atoms with Gasteiger partial charge in [0.1, 0.15) is 6.33 Å². The molecule has 0 radical (unpaired) electrons. The van der Waals surface area contributed by atoms with E-state index in [2.05, 4.69) is 10.1 Å². The van der Waals surface area contributed by atoms with Crippen LogP contribution in [0.4, 0.5) is 0 Å². The zero-order chi connectivity index (χ0) is 13.3. The van der Waals surface area contributed by atoms with E-state index in [4.69, 9.17) is 0 Å². The van der Waals surface area contributed by atoms with Crippen LogP contribution in [-0.2, 0) is 10.0 Å². The third kappa shape index (κ3) is 3.16. The number of aromatic nitrogens is 3. The summed E-state index contributed by atoms with van der Waals surface area (Å²) in [6.07, 6.45) is 10.5. The van der Waals surface area contributed by atoms with Gasteiger partial charge in [-0.3, -0.25) is 0 Å². The van der Waals surface area contributed by atoms with E-state index in [1.165, 1.54) is 32.0 Å². The molecule has 3 rings (SSSR count). The van der Waals surface area contributed by atoms with Gasteiger partial charge in [-0.2, -0.15) is 0 Å². The van der Waals surface area contributed by atoms with Crippen LogP contribution in [0.25, 0.3) is 0 Å². The van der Waals surface area contributed by atoms with Crippen molar-refractivity contribution < 1.29 is 8.42 Å². The molecule has 0 unspecified atom stereocenters. The molecule has 1 aromatic heterocycles. The van der Waals surface area contributed by atoms with Gasteiger partial charge in [-0.1, -0.05) is 32.1 Å². The molecule has 2 fully saturated rings. The maximum Gasteiger partial charge on any atom is 0.255 e. The summed E-state index contributed by atoms with van der Waals surface area (Å²) in [5.74, 6) is 2.14. The second kappa shape index (κ2) is 5.23. The quantitative estimate of drug-likeness (QED) is 0.720. The number of hydrogen-bond donors (Lipinski definition) is 0. The largest absolute Gasteiger partial charge is 0.255 e. The van der Waals surface area contributed by atoms with Gasteiger partial charge in [-0.25, -0.2) is 13.4 Å². The van der Waals surface area contributed by atoms with Crippen LogP contribution in [0.5, 0.6) is 0 Å². The SMILES string of the molecule is O=S(=O)(CCCCC1CCC1)n1cnc(C2CC2)n1. The van der Waals surface area contributed by atoms with Crippen molar-refractivity contribution in [1.29, 1.82) is 0 Å². The molecule has 5 nitrogen and oxygen atoms in total. The Morgan fingerprint density at radius 3 is 2.63 bits per heavy atom. The molecule has 0 aliphatic heterocycles. The van der Waals surface area contributed by atoms with Crippen LogP contribution in [0.15, 0.2) is 6.33 Å². The Morgan fingerprint density at radius 2 is 2.00 bits per heavy atom. The lowest BCUT2D eigenvalue weighted by molar-refractivity contribution is 0.289. The molecule has 0 N–H and O–H groups in total. The standard InChI is InChI=1S/C13H21N3O2S/c17-19(18,9-2-1-4-11-5-3-6-11)16-10-14-13(15-16)12-7-8-12/h10-12H,1-9H2. The Labute approximate surface area is 114 Å². The van der Waals surface area contributed by atoms with Crippen LogP contribution < -0.4 is 0 Å². The van der Waals surface area contributed by atoms with Crippen LogP contribution in [0.3, 0.4) is 0 Å². The third-order valence-corrected chi connectivity index (χ3v) is 5.76. The van der Waals surface area contributed by atoms with E-state index in [1.807, 2.05) is 0 Å². The van der Waals surface area contributed by atoms with Crippen LogP contribution in [0.2, 0.25) is 0 Å². The Hall–Kier alpha value is -0.910. The Bertz CT molecular complexity index is 530. The molecule has 2 aliphatic carbocycles. The summed E-state index contributed by atoms with van der Waals surface area (Å²) in [5, 5.41) is 4.10. The maximum atomic E-state index is 12.1. The molecule has 6 heteroatoms. The van der Waals surface area contributed by atoms with Gasteiger partial charge in [0.2, 0.25) is 0 Å². The van der Waals surface area contributed by atoms with Crippen LogP contribution >= 0.6 is 0 Å². The van der Waals surface area contributed by atoms with Gasteiger partial charge < -0.3 is 0 Å². The van der Waals surface area contributed by atoms with E-state index < -0.39 is 10.0 Å². The monoisotopic (exact) mass is 283 g/mol. The third-order valence-electron chi connectivity index (χ3n) is 4.21. The van der Waals surface area contributed by atoms with E-state index in [-0.39, 0.29) is 5.75 Å². The molecule has 0 spiro atoms. The van der Waals surface area contributed by atoms with E-state index >= 15 is 0 Å². The van der Waals surface area contributed by atoms with Crippen molar-refractivity contribution >= 4 is 10.0 Å². The summed E-state index contributed by atoms with van der Waals surface area (Å²) in [6.45, 7) is 0. The lowest BCUT2D eigenvalue weighted by Crippen LogP contribution is -2.18. The first-order chi connectivity index (χ1) is 9.15. The second-order valence-corrected chi connectivity index (χ2v) is 7.80. The van der Waals surface area contributed by atoms with Crippen molar-refractivity contribution in [2.24, 2.45) is 5.92 Å². The van der Waals surface area contributed by atoms with Crippen LogP contribution in [-0.4, -0.2) is 28.3 Å². The fourth-order valence-electron chi connectivity index (χ4n) is 2.52. The van der Waals surface area contributed by atoms with Gasteiger partial charge in [-0.15, -0.1) is 9.19 Å². The molecule has 0 aromatic carbocycles. The molecule has 1 aromatic rings. The number of hydrogen-bond acceptors (Lipinski definition) is 4. The molecular weight excluding hydrogens is 262 g/mol. The summed E-state index contributed by atoms with van der Waals surface area (Å²) >= 11 is 0. The van der Waals surface area contributed by atoms with Crippen molar-refractivity contribution in [3.63, 3.8) is 0 Å². The molecule has 0 atom stereocenters. The molecule has 19 heavy (non-hydrogen) atoms. The van der Waals surface area contributed by atoms with E-state index in [0.29, 0.717) is 11.7 Å². The first-order valence-corrected chi connectivity index (χ1v) is 8.91. The van der Waals surface area contributed by atoms with Crippen molar-refractivity contribution in [3.8, 4) is 0 Å². The topological polar surface area (TPSA) is 64.8 Å². The fraction of sp³-hybridized carbons (Fsp3) is 0.846. The van der Waals surface area contributed by atoms with E-state index in [9.17, 15) is 8.42 Å². The van der Waals surface area contributed by atoms with Crippen LogP contribution in [0.1, 0.15) is 63.1 Å². The first kappa shape index (κ1) is 13.1. The highest BCUT2D eigenvalue weighted by Gasteiger charge is 2.29. The zero-order valence-corrected chi connectivity index (χ0v) is 12.0. The van der Waals surface area contributed by atoms with Gasteiger partial charge in [0, 0.05) is 5.92 Å². The molecule has 0 saturated heterocycles. The highest BCUT2D eigenvalue weighted by atomic mass is 32.2. The van der Waals surface area contributed by atoms with Gasteiger partial charge in [0.05, 0.1) is 5.75 Å². The smallest absolute Gasteiger partial charge is 0.218 e. The molecular formula is C13H21N3O2S. The van der Waals surface area contributed by atoms with Gasteiger partial charge in [-0.05, 0) is 25.2 Å². The minimum Gasteiger partial charge on any atom is -0.218 e. The molecule has 0 bridgehead atoms. The Balaban J connectivity index is 1.49. The molecule has 2 aliphatic rings. The summed E-state index contributed by atoms with van der Waals surface area (Å²) in [7, 11) is -3.29. The van der Waals surface area contributed by atoms with Crippen molar-refractivity contribution in [1.82, 2.24) is 14.2 Å². The van der Waals surface area contributed by atoms with Crippen LogP contribution in [0, 0.1) is 5.92 Å². The van der Waals surface area contributed by atoms with Crippen molar-refractivity contribution in [3.05, 3.63) is 12.2 Å². The lowest BCUT2D eigenvalue weighted by Gasteiger charge is -2.24. The van der Waals surface area contributed by atoms with Gasteiger partial charge >= 0.3 is 0 Å². The summed E-state index contributed by atoms with van der Waals surface area (Å²) in [6, 6.07) is 0. The highest BCUT2D eigenvalue weighted by Crippen LogP contribution is 2.37. The van der Waals surface area contributed by atoms with E-state index in [0.717, 1.165) is 35.7 Å². The van der Waals surface area contributed by atoms with Gasteiger partial charge in [0.25, 0.3) is 10.0 Å². The van der Waals surface area contributed by atoms with Gasteiger partial charge in [0.15, 0.2) is 5.82 Å². The second-order valence-electron chi connectivity index (χ2n) is 5.86. The number of rotatable bonds is 7.